The van der Waals surface area contributed by atoms with Gasteiger partial charge in [0.15, 0.2) is 0 Å². The molecule has 5 fully saturated rings. The number of carbonyl (C=O) groups is 1. The van der Waals surface area contributed by atoms with Crippen LogP contribution in [-0.4, -0.2) is 29.4 Å². The molecule has 0 radical (unpaired) electrons. The first kappa shape index (κ1) is 11.3. The van der Waals surface area contributed by atoms with Crippen LogP contribution in [0.15, 0.2) is 0 Å². The molecule has 5 rings (SSSR count). The topological polar surface area (TPSA) is 46.3 Å². The molecule has 1 aliphatic heterocycles. The van der Waals surface area contributed by atoms with Gasteiger partial charge in [0.1, 0.15) is 0 Å². The lowest BCUT2D eigenvalue weighted by atomic mass is 9.49. The molecule has 1 amide bonds. The summed E-state index contributed by atoms with van der Waals surface area (Å²) < 4.78 is 0. The summed E-state index contributed by atoms with van der Waals surface area (Å²) in [5, 5.41) is 0. The van der Waals surface area contributed by atoms with Gasteiger partial charge in [0.25, 0.3) is 0 Å². The highest BCUT2D eigenvalue weighted by atomic mass is 16.2. The maximum atomic E-state index is 12.8. The van der Waals surface area contributed by atoms with Crippen LogP contribution in [0, 0.1) is 23.2 Å². The van der Waals surface area contributed by atoms with Crippen molar-refractivity contribution in [1.82, 2.24) is 4.90 Å². The molecule has 2 N–H and O–H groups in total. The van der Waals surface area contributed by atoms with Gasteiger partial charge < -0.3 is 10.6 Å². The molecule has 18 heavy (non-hydrogen) atoms. The zero-order valence-electron chi connectivity index (χ0n) is 11.3. The molecular formula is C15H24N2O. The van der Waals surface area contributed by atoms with Gasteiger partial charge in [0, 0.05) is 18.6 Å². The van der Waals surface area contributed by atoms with Crippen LogP contribution in [0.3, 0.4) is 0 Å². The smallest absolute Gasteiger partial charge is 0.228 e. The van der Waals surface area contributed by atoms with Crippen molar-refractivity contribution in [2.24, 2.45) is 28.9 Å². The van der Waals surface area contributed by atoms with Crippen molar-refractivity contribution in [2.45, 2.75) is 51.0 Å². The van der Waals surface area contributed by atoms with Gasteiger partial charge in [-0.3, -0.25) is 4.79 Å². The van der Waals surface area contributed by atoms with E-state index in [2.05, 4.69) is 6.92 Å². The van der Waals surface area contributed by atoms with Crippen molar-refractivity contribution in [2.75, 3.05) is 13.1 Å². The monoisotopic (exact) mass is 248 g/mol. The Morgan fingerprint density at radius 1 is 1.06 bits per heavy atom. The molecular weight excluding hydrogens is 224 g/mol. The normalized spacial score (nSPS) is 48.1. The van der Waals surface area contributed by atoms with Gasteiger partial charge in [-0.1, -0.05) is 0 Å². The van der Waals surface area contributed by atoms with Crippen molar-refractivity contribution in [1.29, 1.82) is 0 Å². The Morgan fingerprint density at radius 3 is 1.89 bits per heavy atom. The van der Waals surface area contributed by atoms with E-state index in [-0.39, 0.29) is 11.0 Å². The minimum absolute atomic E-state index is 0.0330. The number of hydrogen-bond acceptors (Lipinski definition) is 2. The van der Waals surface area contributed by atoms with Crippen LogP contribution >= 0.6 is 0 Å². The average Bonchev–Trinajstić information content (AvgIpc) is 2.22. The minimum Gasteiger partial charge on any atom is -0.338 e. The molecule has 0 atom stereocenters. The van der Waals surface area contributed by atoms with Crippen molar-refractivity contribution in [3.8, 4) is 0 Å². The molecule has 0 spiro atoms. The van der Waals surface area contributed by atoms with E-state index in [0.29, 0.717) is 5.91 Å². The second-order valence-electron chi connectivity index (χ2n) is 8.01. The quantitative estimate of drug-likeness (QED) is 0.768. The molecule has 3 nitrogen and oxygen atoms in total. The standard InChI is InChI=1S/C15H24N2O/c1-14(16)8-17(9-14)13(18)15-5-10-2-11(6-15)4-12(3-10)7-15/h10-12H,2-9,16H2,1H3. The summed E-state index contributed by atoms with van der Waals surface area (Å²) in [5.41, 5.74) is 5.95. The van der Waals surface area contributed by atoms with E-state index < -0.39 is 0 Å². The van der Waals surface area contributed by atoms with Crippen LogP contribution < -0.4 is 5.73 Å². The lowest BCUT2D eigenvalue weighted by Gasteiger charge is -2.58. The van der Waals surface area contributed by atoms with Crippen LogP contribution in [0.4, 0.5) is 0 Å². The SMILES string of the molecule is CC1(N)CN(C(=O)C23CC4CC(CC(C4)C2)C3)C1. The summed E-state index contributed by atoms with van der Waals surface area (Å²) in [5.74, 6) is 3.01. The third-order valence-corrected chi connectivity index (χ3v) is 5.88. The molecule has 5 aliphatic rings. The van der Waals surface area contributed by atoms with Gasteiger partial charge in [-0.05, 0) is 63.2 Å². The Hall–Kier alpha value is -0.570. The third kappa shape index (κ3) is 1.49. The van der Waals surface area contributed by atoms with Crippen LogP contribution in [0.25, 0.3) is 0 Å². The molecule has 0 aromatic carbocycles. The molecule has 1 heterocycles. The van der Waals surface area contributed by atoms with E-state index in [4.69, 9.17) is 5.73 Å². The van der Waals surface area contributed by atoms with Crippen LogP contribution in [0.1, 0.15) is 45.4 Å². The Labute approximate surface area is 109 Å². The van der Waals surface area contributed by atoms with Gasteiger partial charge in [-0.15, -0.1) is 0 Å². The first-order valence-corrected chi connectivity index (χ1v) is 7.54. The van der Waals surface area contributed by atoms with Gasteiger partial charge in [-0.2, -0.15) is 0 Å². The van der Waals surface area contributed by atoms with Crippen molar-refractivity contribution in [3.05, 3.63) is 0 Å². The Bertz CT molecular complexity index is 358. The number of likely N-dealkylation sites (tertiary alicyclic amines) is 1. The van der Waals surface area contributed by atoms with E-state index in [9.17, 15) is 4.79 Å². The van der Waals surface area contributed by atoms with Crippen molar-refractivity contribution >= 4 is 5.91 Å². The fourth-order valence-corrected chi connectivity index (χ4v) is 5.68. The van der Waals surface area contributed by atoms with Crippen LogP contribution in [0.5, 0.6) is 0 Å². The maximum absolute atomic E-state index is 12.8. The number of carbonyl (C=O) groups excluding carboxylic acids is 1. The predicted octanol–water partition coefficient (Wildman–Crippen LogP) is 1.76. The Kier molecular flexibility index (Phi) is 2.07. The highest BCUT2D eigenvalue weighted by molar-refractivity contribution is 5.84. The lowest BCUT2D eigenvalue weighted by molar-refractivity contribution is -0.164. The molecule has 4 saturated carbocycles. The summed E-state index contributed by atoms with van der Waals surface area (Å²) in [6.45, 7) is 3.59. The number of rotatable bonds is 1. The molecule has 0 aromatic heterocycles. The lowest BCUT2D eigenvalue weighted by Crippen LogP contribution is -2.69. The molecule has 1 saturated heterocycles. The van der Waals surface area contributed by atoms with E-state index in [1.54, 1.807) is 0 Å². The summed E-state index contributed by atoms with van der Waals surface area (Å²) >= 11 is 0. The summed E-state index contributed by atoms with van der Waals surface area (Å²) in [4.78, 5) is 14.9. The zero-order valence-corrected chi connectivity index (χ0v) is 11.3. The molecule has 0 aromatic rings. The van der Waals surface area contributed by atoms with E-state index in [1.165, 1.54) is 38.5 Å². The first-order chi connectivity index (χ1) is 8.46. The predicted molar refractivity (Wildman–Crippen MR) is 69.8 cm³/mol. The van der Waals surface area contributed by atoms with Gasteiger partial charge in [-0.25, -0.2) is 0 Å². The Balaban J connectivity index is 1.55. The van der Waals surface area contributed by atoms with E-state index >= 15 is 0 Å². The van der Waals surface area contributed by atoms with E-state index in [1.807, 2.05) is 4.90 Å². The van der Waals surface area contributed by atoms with Gasteiger partial charge in [0.05, 0.1) is 5.41 Å². The fourth-order valence-electron chi connectivity index (χ4n) is 5.68. The van der Waals surface area contributed by atoms with Gasteiger partial charge >= 0.3 is 0 Å². The summed E-state index contributed by atoms with van der Waals surface area (Å²) in [6.07, 6.45) is 7.74. The third-order valence-electron chi connectivity index (χ3n) is 5.88. The second-order valence-corrected chi connectivity index (χ2v) is 8.01. The molecule has 3 heteroatoms. The molecule has 4 aliphatic carbocycles. The zero-order chi connectivity index (χ0) is 12.5. The Morgan fingerprint density at radius 2 is 1.50 bits per heavy atom. The molecule has 0 unspecified atom stereocenters. The number of hydrogen-bond donors (Lipinski definition) is 1. The average molecular weight is 248 g/mol. The molecule has 4 bridgehead atoms. The summed E-state index contributed by atoms with van der Waals surface area (Å²) in [7, 11) is 0. The number of amides is 1. The second kappa shape index (κ2) is 3.30. The van der Waals surface area contributed by atoms with Crippen LogP contribution in [-0.2, 0) is 4.79 Å². The van der Waals surface area contributed by atoms with Crippen molar-refractivity contribution < 1.29 is 4.79 Å². The highest BCUT2D eigenvalue weighted by Gasteiger charge is 2.57. The maximum Gasteiger partial charge on any atom is 0.228 e. The highest BCUT2D eigenvalue weighted by Crippen LogP contribution is 2.60. The van der Waals surface area contributed by atoms with Crippen molar-refractivity contribution in [3.63, 3.8) is 0 Å². The molecule has 100 valence electrons. The first-order valence-electron chi connectivity index (χ1n) is 7.54. The van der Waals surface area contributed by atoms with Crippen LogP contribution in [0.2, 0.25) is 0 Å². The fraction of sp³-hybridized carbons (Fsp3) is 0.933. The largest absolute Gasteiger partial charge is 0.338 e. The van der Waals surface area contributed by atoms with E-state index in [0.717, 1.165) is 30.8 Å². The number of nitrogens with zero attached hydrogens (tertiary/aromatic N) is 1. The summed E-state index contributed by atoms with van der Waals surface area (Å²) in [6, 6.07) is 0. The van der Waals surface area contributed by atoms with Gasteiger partial charge in [0.2, 0.25) is 5.91 Å². The minimum atomic E-state index is -0.127. The number of nitrogens with two attached hydrogens (primary N) is 1.